The third kappa shape index (κ3) is 5.52. The fourth-order valence-corrected chi connectivity index (χ4v) is 2.70. The molecule has 2 rings (SSSR count). The summed E-state index contributed by atoms with van der Waals surface area (Å²) in [4.78, 5) is 28.6. The molecule has 0 aliphatic carbocycles. The van der Waals surface area contributed by atoms with Crippen LogP contribution in [-0.2, 0) is 11.3 Å². The van der Waals surface area contributed by atoms with E-state index in [1.54, 1.807) is 23.3 Å². The van der Waals surface area contributed by atoms with E-state index in [-0.39, 0.29) is 11.8 Å². The highest BCUT2D eigenvalue weighted by Gasteiger charge is 2.21. The van der Waals surface area contributed by atoms with Crippen LogP contribution >= 0.6 is 0 Å². The zero-order valence-corrected chi connectivity index (χ0v) is 14.9. The van der Waals surface area contributed by atoms with Gasteiger partial charge in [-0.25, -0.2) is 0 Å². The van der Waals surface area contributed by atoms with Gasteiger partial charge in [0, 0.05) is 26.1 Å². The van der Waals surface area contributed by atoms with Crippen LogP contribution in [0.2, 0.25) is 0 Å². The Kier molecular flexibility index (Phi) is 7.32. The topological polar surface area (TPSA) is 66.9 Å². The molecule has 0 atom stereocenters. The van der Waals surface area contributed by atoms with Gasteiger partial charge in [-0.05, 0) is 31.0 Å². The molecule has 6 heteroatoms. The van der Waals surface area contributed by atoms with Crippen molar-refractivity contribution in [2.75, 3.05) is 19.6 Å². The second-order valence-electron chi connectivity index (χ2n) is 5.95. The fourth-order valence-electron chi connectivity index (χ4n) is 2.70. The average Bonchev–Trinajstić information content (AvgIpc) is 3.31. The molecule has 0 aromatic carbocycles. The number of amides is 2. The Hall–Kier alpha value is -2.50. The average molecular weight is 346 g/mol. The van der Waals surface area contributed by atoms with Crippen LogP contribution < -0.4 is 0 Å². The number of hydrogen-bond acceptors (Lipinski definition) is 4. The first kappa shape index (κ1) is 18.8. The number of nitrogens with zero attached hydrogens (tertiary/aromatic N) is 2. The van der Waals surface area contributed by atoms with Crippen molar-refractivity contribution in [3.05, 3.63) is 48.3 Å². The van der Waals surface area contributed by atoms with E-state index in [2.05, 4.69) is 13.8 Å². The van der Waals surface area contributed by atoms with Gasteiger partial charge in [0.15, 0.2) is 0 Å². The highest BCUT2D eigenvalue weighted by Crippen LogP contribution is 2.12. The van der Waals surface area contributed by atoms with E-state index < -0.39 is 0 Å². The van der Waals surface area contributed by atoms with Gasteiger partial charge >= 0.3 is 0 Å². The van der Waals surface area contributed by atoms with Crippen molar-refractivity contribution in [3.8, 4) is 0 Å². The summed E-state index contributed by atoms with van der Waals surface area (Å²) < 4.78 is 10.4. The number of carbonyl (C=O) groups is 2. The molecular weight excluding hydrogens is 320 g/mol. The lowest BCUT2D eigenvalue weighted by Gasteiger charge is -2.25. The highest BCUT2D eigenvalue weighted by molar-refractivity contribution is 5.94. The summed E-state index contributed by atoms with van der Waals surface area (Å²) in [5.41, 5.74) is 0.470. The standard InChI is InChI=1S/C19H26N2O4/c1-3-9-20(10-4-2)18(22)7-11-21(14-17-6-5-12-25-17)19(23)16-8-13-24-15-16/h5-6,8,12-13,15H,3-4,7,9-11,14H2,1-2H3. The van der Waals surface area contributed by atoms with Crippen LogP contribution in [0.3, 0.4) is 0 Å². The minimum Gasteiger partial charge on any atom is -0.472 e. The van der Waals surface area contributed by atoms with Crippen LogP contribution in [-0.4, -0.2) is 41.2 Å². The molecule has 0 aliphatic rings. The van der Waals surface area contributed by atoms with Crippen LogP contribution in [0.1, 0.15) is 49.2 Å². The lowest BCUT2D eigenvalue weighted by atomic mass is 10.2. The van der Waals surface area contributed by atoms with Crippen LogP contribution in [0, 0.1) is 0 Å². The van der Waals surface area contributed by atoms with E-state index in [4.69, 9.17) is 8.83 Å². The molecule has 6 nitrogen and oxygen atoms in total. The Morgan fingerprint density at radius 2 is 1.76 bits per heavy atom. The molecule has 0 unspecified atom stereocenters. The van der Waals surface area contributed by atoms with Crippen molar-refractivity contribution in [1.82, 2.24) is 9.80 Å². The zero-order chi connectivity index (χ0) is 18.1. The molecule has 0 fully saturated rings. The molecule has 0 saturated heterocycles. The van der Waals surface area contributed by atoms with E-state index in [1.807, 2.05) is 11.0 Å². The predicted molar refractivity (Wildman–Crippen MR) is 93.9 cm³/mol. The second-order valence-corrected chi connectivity index (χ2v) is 5.95. The largest absolute Gasteiger partial charge is 0.472 e. The van der Waals surface area contributed by atoms with Gasteiger partial charge in [-0.1, -0.05) is 13.8 Å². The van der Waals surface area contributed by atoms with Crippen LogP contribution in [0.15, 0.2) is 45.8 Å². The maximum Gasteiger partial charge on any atom is 0.257 e. The maximum atomic E-state index is 12.7. The van der Waals surface area contributed by atoms with E-state index in [0.29, 0.717) is 30.8 Å². The lowest BCUT2D eigenvalue weighted by molar-refractivity contribution is -0.131. The molecule has 136 valence electrons. The summed E-state index contributed by atoms with van der Waals surface area (Å²) in [5.74, 6) is 0.590. The summed E-state index contributed by atoms with van der Waals surface area (Å²) >= 11 is 0. The van der Waals surface area contributed by atoms with Gasteiger partial charge in [-0.2, -0.15) is 0 Å². The summed E-state index contributed by atoms with van der Waals surface area (Å²) in [7, 11) is 0. The summed E-state index contributed by atoms with van der Waals surface area (Å²) in [5, 5.41) is 0. The van der Waals surface area contributed by atoms with Crippen molar-refractivity contribution in [2.24, 2.45) is 0 Å². The van der Waals surface area contributed by atoms with Gasteiger partial charge in [0.25, 0.3) is 5.91 Å². The Morgan fingerprint density at radius 1 is 1.00 bits per heavy atom. The SMILES string of the molecule is CCCN(CCC)C(=O)CCN(Cc1ccco1)C(=O)c1ccoc1. The van der Waals surface area contributed by atoms with E-state index in [0.717, 1.165) is 25.9 Å². The molecule has 0 radical (unpaired) electrons. The number of rotatable bonds is 10. The molecular formula is C19H26N2O4. The predicted octanol–water partition coefficient (Wildman–Crippen LogP) is 3.55. The Bertz CT molecular complexity index is 628. The first-order valence-corrected chi connectivity index (χ1v) is 8.77. The third-order valence-electron chi connectivity index (χ3n) is 3.92. The monoisotopic (exact) mass is 346 g/mol. The highest BCUT2D eigenvalue weighted by atomic mass is 16.3. The first-order chi connectivity index (χ1) is 12.2. The van der Waals surface area contributed by atoms with Gasteiger partial charge in [0.05, 0.1) is 24.6 Å². The van der Waals surface area contributed by atoms with Crippen molar-refractivity contribution in [3.63, 3.8) is 0 Å². The normalized spacial score (nSPS) is 10.6. The Balaban J connectivity index is 2.02. The number of furan rings is 2. The summed E-state index contributed by atoms with van der Waals surface area (Å²) in [6, 6.07) is 5.23. The summed E-state index contributed by atoms with van der Waals surface area (Å²) in [6.07, 6.45) is 6.61. The molecule has 0 aliphatic heterocycles. The van der Waals surface area contributed by atoms with Crippen LogP contribution in [0.25, 0.3) is 0 Å². The van der Waals surface area contributed by atoms with Gasteiger partial charge in [-0.15, -0.1) is 0 Å². The molecule has 2 amide bonds. The second kappa shape index (κ2) is 9.71. The minimum atomic E-state index is -0.171. The van der Waals surface area contributed by atoms with Crippen molar-refractivity contribution in [2.45, 2.75) is 39.7 Å². The van der Waals surface area contributed by atoms with Crippen LogP contribution in [0.5, 0.6) is 0 Å². The van der Waals surface area contributed by atoms with Crippen LogP contribution in [0.4, 0.5) is 0 Å². The Morgan fingerprint density at radius 3 is 2.32 bits per heavy atom. The van der Waals surface area contributed by atoms with Crippen molar-refractivity contribution in [1.29, 1.82) is 0 Å². The van der Waals surface area contributed by atoms with Gasteiger partial charge in [0.1, 0.15) is 12.0 Å². The van der Waals surface area contributed by atoms with Crippen molar-refractivity contribution < 1.29 is 18.4 Å². The molecule has 0 N–H and O–H groups in total. The van der Waals surface area contributed by atoms with E-state index in [9.17, 15) is 9.59 Å². The lowest BCUT2D eigenvalue weighted by Crippen LogP contribution is -2.37. The maximum absolute atomic E-state index is 12.7. The third-order valence-corrected chi connectivity index (χ3v) is 3.92. The molecule has 25 heavy (non-hydrogen) atoms. The molecule has 2 aromatic heterocycles. The van der Waals surface area contributed by atoms with Gasteiger partial charge in [0.2, 0.25) is 5.91 Å². The number of hydrogen-bond donors (Lipinski definition) is 0. The van der Waals surface area contributed by atoms with E-state index in [1.165, 1.54) is 12.5 Å². The first-order valence-electron chi connectivity index (χ1n) is 8.77. The zero-order valence-electron chi connectivity index (χ0n) is 14.9. The molecule has 0 spiro atoms. The summed E-state index contributed by atoms with van der Waals surface area (Å²) in [6.45, 7) is 6.28. The van der Waals surface area contributed by atoms with E-state index >= 15 is 0 Å². The smallest absolute Gasteiger partial charge is 0.257 e. The number of carbonyl (C=O) groups excluding carboxylic acids is 2. The quantitative estimate of drug-likeness (QED) is 0.660. The fraction of sp³-hybridized carbons (Fsp3) is 0.474. The molecule has 0 bridgehead atoms. The Labute approximate surface area is 148 Å². The van der Waals surface area contributed by atoms with Crippen molar-refractivity contribution >= 4 is 11.8 Å². The van der Waals surface area contributed by atoms with Gasteiger partial charge < -0.3 is 18.6 Å². The molecule has 0 saturated carbocycles. The minimum absolute atomic E-state index is 0.0770. The molecule has 2 aromatic rings. The molecule has 2 heterocycles. The van der Waals surface area contributed by atoms with Gasteiger partial charge in [-0.3, -0.25) is 9.59 Å².